The number of rotatable bonds is 8. The molecule has 5 nitrogen and oxygen atoms in total. The molecule has 0 saturated heterocycles. The number of carbonyl (C=O) groups is 2. The molecule has 0 aromatic rings. The monoisotopic (exact) mass is 324 g/mol. The highest BCUT2D eigenvalue weighted by molar-refractivity contribution is 5.91. The summed E-state index contributed by atoms with van der Waals surface area (Å²) in [7, 11) is 0. The lowest BCUT2D eigenvalue weighted by Gasteiger charge is -2.42. The van der Waals surface area contributed by atoms with E-state index in [-0.39, 0.29) is 12.0 Å². The number of carboxylic acid groups (broad SMARTS) is 2. The zero-order valence-electron chi connectivity index (χ0n) is 14.4. The van der Waals surface area contributed by atoms with Crippen molar-refractivity contribution in [2.24, 2.45) is 11.3 Å². The second kappa shape index (κ2) is 7.30. The molecule has 5 heteroatoms. The summed E-state index contributed by atoms with van der Waals surface area (Å²) >= 11 is 0. The minimum atomic E-state index is -1.27. The molecule has 3 N–H and O–H groups in total. The maximum absolute atomic E-state index is 12.2. The summed E-state index contributed by atoms with van der Waals surface area (Å²) in [6.45, 7) is 7.01. The Kier molecular flexibility index (Phi) is 6.17. The number of aliphatic hydroxyl groups is 1. The molecule has 0 radical (unpaired) electrons. The molecule has 1 aliphatic carbocycles. The normalized spacial score (nSPS) is 24.8. The van der Waals surface area contributed by atoms with E-state index < -0.39 is 28.9 Å². The first kappa shape index (κ1) is 19.4. The quantitative estimate of drug-likeness (QED) is 0.636. The van der Waals surface area contributed by atoms with Gasteiger partial charge in [0.2, 0.25) is 0 Å². The van der Waals surface area contributed by atoms with Gasteiger partial charge in [0.05, 0.1) is 11.0 Å². The molecular formula is C18H28O5. The molecule has 130 valence electrons. The smallest absolute Gasteiger partial charge is 0.331 e. The largest absolute Gasteiger partial charge is 0.481 e. The van der Waals surface area contributed by atoms with Crippen LogP contribution in [0.3, 0.4) is 0 Å². The molecule has 2 atom stereocenters. The summed E-state index contributed by atoms with van der Waals surface area (Å²) < 4.78 is 0. The van der Waals surface area contributed by atoms with Gasteiger partial charge in [-0.25, -0.2) is 4.79 Å². The van der Waals surface area contributed by atoms with Crippen molar-refractivity contribution in [3.63, 3.8) is 0 Å². The van der Waals surface area contributed by atoms with Gasteiger partial charge < -0.3 is 15.3 Å². The minimum Gasteiger partial charge on any atom is -0.481 e. The first-order chi connectivity index (χ1) is 10.6. The van der Waals surface area contributed by atoms with E-state index in [2.05, 4.69) is 0 Å². The van der Waals surface area contributed by atoms with Crippen molar-refractivity contribution in [2.75, 3.05) is 0 Å². The van der Waals surface area contributed by atoms with Gasteiger partial charge in [0, 0.05) is 11.5 Å². The topological polar surface area (TPSA) is 94.8 Å². The number of aliphatic carboxylic acids is 2. The van der Waals surface area contributed by atoms with Gasteiger partial charge in [-0.3, -0.25) is 4.79 Å². The van der Waals surface area contributed by atoms with Crippen molar-refractivity contribution in [3.8, 4) is 0 Å². The van der Waals surface area contributed by atoms with Gasteiger partial charge in [-0.15, -0.1) is 0 Å². The summed E-state index contributed by atoms with van der Waals surface area (Å²) in [5.41, 5.74) is -1.46. The lowest BCUT2D eigenvalue weighted by molar-refractivity contribution is -0.151. The molecule has 0 bridgehead atoms. The van der Waals surface area contributed by atoms with Crippen molar-refractivity contribution in [1.82, 2.24) is 0 Å². The van der Waals surface area contributed by atoms with Crippen molar-refractivity contribution in [1.29, 1.82) is 0 Å². The second-order valence-corrected chi connectivity index (χ2v) is 7.06. The van der Waals surface area contributed by atoms with Crippen LogP contribution >= 0.6 is 0 Å². The molecule has 2 unspecified atom stereocenters. The number of carboxylic acids is 2. The van der Waals surface area contributed by atoms with E-state index in [0.717, 1.165) is 12.8 Å². The third-order valence-corrected chi connectivity index (χ3v) is 4.79. The SMILES string of the molecule is CCCCC1C(C(=O)O)=CC=C(C)C1(CCC(C)(C)O)C(=O)O. The van der Waals surface area contributed by atoms with Gasteiger partial charge in [0.15, 0.2) is 0 Å². The van der Waals surface area contributed by atoms with E-state index in [0.29, 0.717) is 18.4 Å². The average molecular weight is 324 g/mol. The van der Waals surface area contributed by atoms with Crippen LogP contribution in [0.15, 0.2) is 23.3 Å². The first-order valence-electron chi connectivity index (χ1n) is 8.14. The van der Waals surface area contributed by atoms with Crippen LogP contribution in [0.1, 0.15) is 59.8 Å². The van der Waals surface area contributed by atoms with Gasteiger partial charge in [0.1, 0.15) is 0 Å². The zero-order chi connectivity index (χ0) is 17.8. The van der Waals surface area contributed by atoms with Gasteiger partial charge in [-0.1, -0.05) is 37.5 Å². The fourth-order valence-electron chi connectivity index (χ4n) is 3.35. The maximum atomic E-state index is 12.2. The zero-order valence-corrected chi connectivity index (χ0v) is 14.4. The number of unbranched alkanes of at least 4 members (excludes halogenated alkanes) is 1. The Morgan fingerprint density at radius 3 is 2.30 bits per heavy atom. The average Bonchev–Trinajstić information content (AvgIpc) is 2.42. The molecular weight excluding hydrogens is 296 g/mol. The first-order valence-corrected chi connectivity index (χ1v) is 8.14. The van der Waals surface area contributed by atoms with Crippen LogP contribution in [0, 0.1) is 11.3 Å². The number of hydrogen-bond acceptors (Lipinski definition) is 3. The van der Waals surface area contributed by atoms with Crippen LogP contribution in [0.2, 0.25) is 0 Å². The van der Waals surface area contributed by atoms with E-state index in [1.54, 1.807) is 26.8 Å². The molecule has 0 aromatic carbocycles. The third-order valence-electron chi connectivity index (χ3n) is 4.79. The highest BCUT2D eigenvalue weighted by atomic mass is 16.4. The summed E-state index contributed by atoms with van der Waals surface area (Å²) in [6.07, 6.45) is 5.78. The van der Waals surface area contributed by atoms with Crippen LogP contribution in [0.5, 0.6) is 0 Å². The lowest BCUT2D eigenvalue weighted by Crippen LogP contribution is -2.44. The van der Waals surface area contributed by atoms with Crippen LogP contribution in [-0.4, -0.2) is 32.9 Å². The van der Waals surface area contributed by atoms with Gasteiger partial charge in [-0.2, -0.15) is 0 Å². The Balaban J connectivity index is 3.35. The molecule has 0 aromatic heterocycles. The summed E-state index contributed by atoms with van der Waals surface area (Å²) in [5.74, 6) is -2.66. The molecule has 0 fully saturated rings. The predicted molar refractivity (Wildman–Crippen MR) is 88.1 cm³/mol. The summed E-state index contributed by atoms with van der Waals surface area (Å²) in [6, 6.07) is 0. The third kappa shape index (κ3) is 4.22. The van der Waals surface area contributed by atoms with E-state index in [1.165, 1.54) is 6.08 Å². The Bertz CT molecular complexity index is 524. The molecule has 0 saturated carbocycles. The fourth-order valence-corrected chi connectivity index (χ4v) is 3.35. The molecule has 23 heavy (non-hydrogen) atoms. The summed E-state index contributed by atoms with van der Waals surface area (Å²) in [4.78, 5) is 23.8. The Labute approximate surface area is 137 Å². The van der Waals surface area contributed by atoms with Crippen LogP contribution < -0.4 is 0 Å². The minimum absolute atomic E-state index is 0.155. The number of hydrogen-bond donors (Lipinski definition) is 3. The predicted octanol–water partition coefficient (Wildman–Crippen LogP) is 3.39. The van der Waals surface area contributed by atoms with Crippen molar-refractivity contribution in [3.05, 3.63) is 23.3 Å². The second-order valence-electron chi connectivity index (χ2n) is 7.06. The Morgan fingerprint density at radius 2 is 1.87 bits per heavy atom. The Morgan fingerprint density at radius 1 is 1.26 bits per heavy atom. The van der Waals surface area contributed by atoms with Crippen molar-refractivity contribution >= 4 is 11.9 Å². The van der Waals surface area contributed by atoms with E-state index in [9.17, 15) is 24.9 Å². The molecule has 1 aliphatic rings. The fraction of sp³-hybridized carbons (Fsp3) is 0.667. The number of allylic oxidation sites excluding steroid dienone is 2. The van der Waals surface area contributed by atoms with Crippen molar-refractivity contribution in [2.45, 2.75) is 65.4 Å². The highest BCUT2D eigenvalue weighted by Gasteiger charge is 2.51. The van der Waals surface area contributed by atoms with Crippen LogP contribution in [-0.2, 0) is 9.59 Å². The van der Waals surface area contributed by atoms with Crippen molar-refractivity contribution < 1.29 is 24.9 Å². The molecule has 0 heterocycles. The maximum Gasteiger partial charge on any atom is 0.331 e. The molecule has 0 spiro atoms. The Hall–Kier alpha value is -1.62. The molecule has 1 rings (SSSR count). The van der Waals surface area contributed by atoms with Crippen LogP contribution in [0.25, 0.3) is 0 Å². The van der Waals surface area contributed by atoms with Crippen LogP contribution in [0.4, 0.5) is 0 Å². The van der Waals surface area contributed by atoms with Gasteiger partial charge >= 0.3 is 11.9 Å². The molecule has 0 amide bonds. The van der Waals surface area contributed by atoms with Gasteiger partial charge in [0.25, 0.3) is 0 Å². The highest BCUT2D eigenvalue weighted by Crippen LogP contribution is 2.49. The standard InChI is InChI=1S/C18H28O5/c1-5-6-7-14-13(15(19)20)9-8-12(2)18(14,16(21)22)11-10-17(3,4)23/h8-9,14,23H,5-7,10-11H2,1-4H3,(H,19,20)(H,21,22). The lowest BCUT2D eigenvalue weighted by atomic mass is 9.60. The van der Waals surface area contributed by atoms with E-state index >= 15 is 0 Å². The van der Waals surface area contributed by atoms with Gasteiger partial charge in [-0.05, 0) is 40.0 Å². The molecule has 0 aliphatic heterocycles. The van der Waals surface area contributed by atoms with E-state index in [1.807, 2.05) is 6.92 Å². The summed E-state index contributed by atoms with van der Waals surface area (Å²) in [5, 5.41) is 29.5. The van der Waals surface area contributed by atoms with E-state index in [4.69, 9.17) is 0 Å².